The van der Waals surface area contributed by atoms with Crippen molar-refractivity contribution in [3.63, 3.8) is 0 Å². The molecule has 0 aliphatic carbocycles. The van der Waals surface area contributed by atoms with Crippen LogP contribution in [0.2, 0.25) is 0 Å². The van der Waals surface area contributed by atoms with Crippen LogP contribution in [0.4, 0.5) is 0 Å². The van der Waals surface area contributed by atoms with E-state index in [0.29, 0.717) is 12.1 Å². The van der Waals surface area contributed by atoms with E-state index in [-0.39, 0.29) is 18.4 Å². The fraction of sp³-hybridized carbons (Fsp3) is 0.350. The molecule has 2 aromatic rings. The molecule has 2 aliphatic rings. The molecule has 1 fully saturated rings. The van der Waals surface area contributed by atoms with E-state index >= 15 is 0 Å². The van der Waals surface area contributed by atoms with Crippen molar-refractivity contribution >= 4 is 18.4 Å². The highest BCUT2D eigenvalue weighted by Crippen LogP contribution is 2.37. The molecule has 1 saturated heterocycles. The molecule has 0 radical (unpaired) electrons. The van der Waals surface area contributed by atoms with Gasteiger partial charge in [-0.05, 0) is 36.8 Å². The Balaban J connectivity index is 0.00000169. The van der Waals surface area contributed by atoms with E-state index in [1.165, 1.54) is 24.0 Å². The van der Waals surface area contributed by atoms with Crippen LogP contribution in [-0.2, 0) is 6.42 Å². The monoisotopic (exact) mass is 341 g/mol. The zero-order valence-corrected chi connectivity index (χ0v) is 14.5. The minimum absolute atomic E-state index is 0. The molecule has 24 heavy (non-hydrogen) atoms. The maximum absolute atomic E-state index is 6.37. The molecule has 2 heterocycles. The molecule has 3 nitrogen and oxygen atoms in total. The second-order valence-corrected chi connectivity index (χ2v) is 6.63. The van der Waals surface area contributed by atoms with Crippen LogP contribution in [0.5, 0.6) is 0 Å². The molecule has 2 aliphatic heterocycles. The van der Waals surface area contributed by atoms with Gasteiger partial charge in [-0.2, -0.15) is 0 Å². The van der Waals surface area contributed by atoms with E-state index in [1.54, 1.807) is 0 Å². The lowest BCUT2D eigenvalue weighted by atomic mass is 9.97. The number of benzene rings is 2. The number of guanidine groups is 1. The number of hydrogen-bond acceptors (Lipinski definition) is 3. The number of hydrogen-bond donors (Lipinski definition) is 1. The first-order valence-electron chi connectivity index (χ1n) is 8.52. The molecule has 4 rings (SSSR count). The summed E-state index contributed by atoms with van der Waals surface area (Å²) in [5.41, 5.74) is 9.03. The van der Waals surface area contributed by atoms with Crippen LogP contribution in [-0.4, -0.2) is 22.9 Å². The summed E-state index contributed by atoms with van der Waals surface area (Å²) in [4.78, 5) is 7.19. The molecule has 0 amide bonds. The first-order chi connectivity index (χ1) is 11.3. The van der Waals surface area contributed by atoms with Gasteiger partial charge in [-0.25, -0.2) is 4.99 Å². The van der Waals surface area contributed by atoms with Gasteiger partial charge in [0.2, 0.25) is 0 Å². The van der Waals surface area contributed by atoms with Crippen LogP contribution in [0.25, 0.3) is 0 Å². The smallest absolute Gasteiger partial charge is 0.192 e. The Labute approximate surface area is 150 Å². The average Bonchev–Trinajstić information content (AvgIpc) is 3.00. The SMILES string of the molecule is Cl.NC1=N[C@@H](c2ccccc2)C[C@H]2CC[C@H](Cc3ccccc3)N12. The average molecular weight is 342 g/mol. The van der Waals surface area contributed by atoms with Gasteiger partial charge in [-0.1, -0.05) is 60.7 Å². The van der Waals surface area contributed by atoms with Gasteiger partial charge in [0, 0.05) is 12.1 Å². The third-order valence-electron chi connectivity index (χ3n) is 5.17. The number of rotatable bonds is 3. The summed E-state index contributed by atoms with van der Waals surface area (Å²) in [7, 11) is 0. The van der Waals surface area contributed by atoms with Crippen molar-refractivity contribution in [2.45, 2.75) is 43.8 Å². The Morgan fingerprint density at radius 2 is 1.62 bits per heavy atom. The molecular formula is C20H24ClN3. The van der Waals surface area contributed by atoms with Gasteiger partial charge in [0.1, 0.15) is 0 Å². The number of fused-ring (bicyclic) bond motifs is 1. The Morgan fingerprint density at radius 1 is 0.958 bits per heavy atom. The first kappa shape index (κ1) is 16.8. The highest BCUT2D eigenvalue weighted by molar-refractivity contribution is 5.85. The highest BCUT2D eigenvalue weighted by atomic mass is 35.5. The standard InChI is InChI=1S/C20H23N3.ClH/c21-20-22-19(16-9-5-2-6-10-16)14-18-12-11-17(23(18)20)13-15-7-3-1-4-8-15;/h1-10,17-19H,11-14H2,(H2,21,22);1H/t17-,18-,19-;/m1./s1. The van der Waals surface area contributed by atoms with Crippen molar-refractivity contribution in [1.29, 1.82) is 0 Å². The third-order valence-corrected chi connectivity index (χ3v) is 5.17. The van der Waals surface area contributed by atoms with E-state index in [4.69, 9.17) is 10.7 Å². The zero-order valence-electron chi connectivity index (χ0n) is 13.7. The van der Waals surface area contributed by atoms with Crippen LogP contribution < -0.4 is 5.73 Å². The molecule has 0 saturated carbocycles. The van der Waals surface area contributed by atoms with Gasteiger partial charge >= 0.3 is 0 Å². The molecule has 0 spiro atoms. The molecule has 126 valence electrons. The van der Waals surface area contributed by atoms with Crippen LogP contribution in [0.15, 0.2) is 65.7 Å². The number of nitrogens with zero attached hydrogens (tertiary/aromatic N) is 2. The summed E-state index contributed by atoms with van der Waals surface area (Å²) in [5.74, 6) is 0.730. The molecule has 0 aromatic heterocycles. The topological polar surface area (TPSA) is 41.6 Å². The van der Waals surface area contributed by atoms with Gasteiger partial charge in [-0.15, -0.1) is 12.4 Å². The lowest BCUT2D eigenvalue weighted by Crippen LogP contribution is -2.49. The molecule has 0 bridgehead atoms. The maximum atomic E-state index is 6.37. The summed E-state index contributed by atoms with van der Waals surface area (Å²) in [6.45, 7) is 0. The first-order valence-corrected chi connectivity index (χ1v) is 8.52. The summed E-state index contributed by atoms with van der Waals surface area (Å²) in [5, 5.41) is 0. The van der Waals surface area contributed by atoms with Crippen LogP contribution in [0.1, 0.15) is 36.4 Å². The van der Waals surface area contributed by atoms with Crippen molar-refractivity contribution in [3.8, 4) is 0 Å². The van der Waals surface area contributed by atoms with Crippen LogP contribution in [0, 0.1) is 0 Å². The van der Waals surface area contributed by atoms with E-state index in [1.807, 2.05) is 0 Å². The second kappa shape index (κ2) is 7.27. The van der Waals surface area contributed by atoms with Gasteiger partial charge in [0.25, 0.3) is 0 Å². The van der Waals surface area contributed by atoms with Crippen molar-refractivity contribution in [2.75, 3.05) is 0 Å². The summed E-state index contributed by atoms with van der Waals surface area (Å²) in [6.07, 6.45) is 4.56. The van der Waals surface area contributed by atoms with Gasteiger partial charge < -0.3 is 10.6 Å². The Morgan fingerprint density at radius 3 is 2.33 bits per heavy atom. The summed E-state index contributed by atoms with van der Waals surface area (Å²) in [6, 6.07) is 22.5. The molecule has 2 aromatic carbocycles. The number of nitrogens with two attached hydrogens (primary N) is 1. The molecule has 4 heteroatoms. The van der Waals surface area contributed by atoms with E-state index in [2.05, 4.69) is 65.6 Å². The third kappa shape index (κ3) is 3.27. The minimum Gasteiger partial charge on any atom is -0.370 e. The van der Waals surface area contributed by atoms with E-state index in [0.717, 1.165) is 18.8 Å². The van der Waals surface area contributed by atoms with Gasteiger partial charge in [0.05, 0.1) is 6.04 Å². The molecule has 0 unspecified atom stereocenters. The lowest BCUT2D eigenvalue weighted by Gasteiger charge is -2.37. The number of halogens is 1. The Hall–Kier alpha value is -2.00. The van der Waals surface area contributed by atoms with Crippen LogP contribution in [0.3, 0.4) is 0 Å². The lowest BCUT2D eigenvalue weighted by molar-refractivity contribution is 0.263. The van der Waals surface area contributed by atoms with E-state index in [9.17, 15) is 0 Å². The van der Waals surface area contributed by atoms with Crippen molar-refractivity contribution in [2.24, 2.45) is 10.7 Å². The molecular weight excluding hydrogens is 318 g/mol. The predicted octanol–water partition coefficient (Wildman–Crippen LogP) is 3.94. The van der Waals surface area contributed by atoms with Crippen molar-refractivity contribution in [3.05, 3.63) is 71.8 Å². The quantitative estimate of drug-likeness (QED) is 0.918. The largest absolute Gasteiger partial charge is 0.370 e. The van der Waals surface area contributed by atoms with Crippen LogP contribution >= 0.6 is 12.4 Å². The number of aliphatic imine (C=N–C) groups is 1. The normalized spacial score (nSPS) is 25.6. The molecule has 2 N–H and O–H groups in total. The Kier molecular flexibility index (Phi) is 5.10. The Bertz CT molecular complexity index is 687. The fourth-order valence-corrected chi connectivity index (χ4v) is 4.08. The van der Waals surface area contributed by atoms with E-state index < -0.39 is 0 Å². The molecule has 3 atom stereocenters. The van der Waals surface area contributed by atoms with Gasteiger partial charge in [0.15, 0.2) is 5.96 Å². The highest BCUT2D eigenvalue weighted by Gasteiger charge is 2.39. The van der Waals surface area contributed by atoms with Gasteiger partial charge in [-0.3, -0.25) is 0 Å². The maximum Gasteiger partial charge on any atom is 0.192 e. The van der Waals surface area contributed by atoms with Crippen molar-refractivity contribution in [1.82, 2.24) is 4.90 Å². The summed E-state index contributed by atoms with van der Waals surface area (Å²) < 4.78 is 0. The summed E-state index contributed by atoms with van der Waals surface area (Å²) >= 11 is 0. The minimum atomic E-state index is 0. The predicted molar refractivity (Wildman–Crippen MR) is 101 cm³/mol. The van der Waals surface area contributed by atoms with Crippen molar-refractivity contribution < 1.29 is 0 Å². The fourth-order valence-electron chi connectivity index (χ4n) is 4.08. The zero-order chi connectivity index (χ0) is 15.6. The second-order valence-electron chi connectivity index (χ2n) is 6.63.